The van der Waals surface area contributed by atoms with Crippen LogP contribution in [0.4, 0.5) is 49.7 Å². The molecular formula is C93H102Cl2FN19O13S5. The minimum absolute atomic E-state index is 0. The van der Waals surface area contributed by atoms with Crippen molar-refractivity contribution in [1.29, 1.82) is 0 Å². The molecule has 5 aromatic heterocycles. The van der Waals surface area contributed by atoms with Crippen LogP contribution in [0.25, 0.3) is 10.9 Å². The number of ether oxygens (including phenoxy) is 1. The first-order chi connectivity index (χ1) is 64.2. The third-order valence-corrected chi connectivity index (χ3v) is 30.9. The first-order valence-electron chi connectivity index (χ1n) is 42.7. The first-order valence-corrected chi connectivity index (χ1v) is 50.3. The van der Waals surface area contributed by atoms with E-state index in [1.54, 1.807) is 107 Å². The molecule has 0 saturated carbocycles. The Hall–Kier alpha value is -13.2. The molecule has 1 unspecified atom stereocenters. The average Bonchev–Trinajstić information content (AvgIpc) is 0.978. The van der Waals surface area contributed by atoms with E-state index in [-0.39, 0.29) is 104 Å². The fraction of sp³-hybridized carbons (Fsp3) is 0.258. The molecule has 4 fully saturated rings. The second-order valence-corrected chi connectivity index (χ2v) is 40.7. The summed E-state index contributed by atoms with van der Waals surface area (Å²) >= 11 is 13.9. The number of nitrogens with one attached hydrogen (secondary N) is 5. The Morgan fingerprint density at radius 3 is 1.53 bits per heavy atom. The summed E-state index contributed by atoms with van der Waals surface area (Å²) in [4.78, 5) is 90.5. The number of nitrogens with zero attached hydrogens (tertiary/aromatic N) is 14. The lowest BCUT2D eigenvalue weighted by Gasteiger charge is -2.45. The molecule has 0 radical (unpaired) electrons. The van der Waals surface area contributed by atoms with Crippen molar-refractivity contribution < 1.29 is 69.1 Å². The average molecular weight is 1940 g/mol. The van der Waals surface area contributed by atoms with E-state index in [2.05, 4.69) is 79.9 Å². The Labute approximate surface area is 790 Å². The molecule has 3 amide bonds. The molecule has 13 aromatic rings. The van der Waals surface area contributed by atoms with Crippen LogP contribution in [0.2, 0.25) is 10.0 Å². The van der Waals surface area contributed by atoms with Gasteiger partial charge in [-0.05, 0) is 207 Å². The highest BCUT2D eigenvalue weighted by Gasteiger charge is 2.42. The summed E-state index contributed by atoms with van der Waals surface area (Å²) < 4.78 is 131. The Balaban J connectivity index is 0.000000174. The number of amides is 3. The molecule has 0 bridgehead atoms. The molecule has 8 aromatic carbocycles. The summed E-state index contributed by atoms with van der Waals surface area (Å²) in [7, 11) is -14.9. The molecule has 40 heteroatoms. The Kier molecular flexibility index (Phi) is 28.9. The zero-order valence-electron chi connectivity index (χ0n) is 71.6. The SMILES string of the molecule is O=C(CNc1ccc(F)cc1)N1CCN(c2ccc(S(=O)(=O)Nc3ccncn3)cc2)CC1.O=C(Cn1ccc2cccc(Cl)c21)N1CCC(c2ccc(S(=O)(=O)Nc3ccncn3)cc2)CC1.O=C1CC(C(=O)N2CCN(c3ccc(S(=O)(=O)Nc4ccncn4)cc3)CC2)c2ccccc21.O=S(=O)(Nc1nccs1)c1ccc(N2CCC3(CCOc4ccc(Cl)cc43)CC2)cc1.[HH].[HH].[HH].[HH].[HH]. The molecule has 698 valence electrons. The van der Waals surface area contributed by atoms with Crippen LogP contribution in [0.5, 0.6) is 5.75 Å². The van der Waals surface area contributed by atoms with Crippen molar-refractivity contribution in [2.45, 2.75) is 81.9 Å². The lowest BCUT2D eigenvalue weighted by Crippen LogP contribution is -2.50. The fourth-order valence-electron chi connectivity index (χ4n) is 17.0. The molecule has 19 rings (SSSR count). The maximum Gasteiger partial charge on any atom is 0.263 e. The molecule has 1 aliphatic carbocycles. The van der Waals surface area contributed by atoms with Gasteiger partial charge in [0.15, 0.2) is 10.9 Å². The molecule has 1 spiro atoms. The van der Waals surface area contributed by atoms with Crippen LogP contribution in [0.1, 0.15) is 84.5 Å². The highest BCUT2D eigenvalue weighted by atomic mass is 35.5. The Bertz CT molecular complexity index is 6790. The number of carbonyl (C=O) groups is 4. The Morgan fingerprint density at radius 2 is 1.01 bits per heavy atom. The predicted molar refractivity (Wildman–Crippen MR) is 519 cm³/mol. The highest BCUT2D eigenvalue weighted by Crippen LogP contribution is 2.48. The van der Waals surface area contributed by atoms with Gasteiger partial charge >= 0.3 is 0 Å². The van der Waals surface area contributed by atoms with Crippen LogP contribution in [0, 0.1) is 5.82 Å². The number of piperazine rings is 2. The minimum Gasteiger partial charge on any atom is -0.493 e. The number of ketones is 1. The fourth-order valence-corrected chi connectivity index (χ4v) is 22.3. The van der Waals surface area contributed by atoms with Crippen LogP contribution >= 0.6 is 34.5 Å². The van der Waals surface area contributed by atoms with E-state index in [9.17, 15) is 57.2 Å². The summed E-state index contributed by atoms with van der Waals surface area (Å²) in [6.07, 6.45) is 16.6. The van der Waals surface area contributed by atoms with Crippen LogP contribution in [0.3, 0.4) is 0 Å². The van der Waals surface area contributed by atoms with E-state index >= 15 is 0 Å². The minimum atomic E-state index is -3.76. The van der Waals surface area contributed by atoms with Gasteiger partial charge in [0.1, 0.15) is 54.5 Å². The van der Waals surface area contributed by atoms with E-state index in [1.807, 2.05) is 99.4 Å². The van der Waals surface area contributed by atoms with Crippen molar-refractivity contribution in [2.24, 2.45) is 0 Å². The number of anilines is 8. The normalized spacial score (nSPS) is 16.1. The molecule has 5 N–H and O–H groups in total. The first kappa shape index (κ1) is 93.0. The molecule has 5 aliphatic heterocycles. The van der Waals surface area contributed by atoms with Crippen molar-refractivity contribution >= 4 is 154 Å². The quantitative estimate of drug-likeness (QED) is 0.0421. The van der Waals surface area contributed by atoms with Crippen molar-refractivity contribution in [3.8, 4) is 5.75 Å². The number of piperidine rings is 2. The number of likely N-dealkylation sites (tertiary alicyclic amines) is 1. The van der Waals surface area contributed by atoms with E-state index < -0.39 is 46.0 Å². The van der Waals surface area contributed by atoms with E-state index in [0.29, 0.717) is 86.9 Å². The zero-order chi connectivity index (χ0) is 92.9. The number of para-hydroxylation sites is 1. The number of benzene rings is 8. The third kappa shape index (κ3) is 22.8. The summed E-state index contributed by atoms with van der Waals surface area (Å²) in [6, 6.07) is 58.5. The monoisotopic (exact) mass is 1940 g/mol. The van der Waals surface area contributed by atoms with Gasteiger partial charge in [-0.15, -0.1) is 11.3 Å². The number of rotatable bonds is 22. The van der Waals surface area contributed by atoms with Gasteiger partial charge in [0, 0.05) is 178 Å². The molecule has 133 heavy (non-hydrogen) atoms. The van der Waals surface area contributed by atoms with Crippen LogP contribution in [-0.2, 0) is 66.4 Å². The van der Waals surface area contributed by atoms with Gasteiger partial charge in [0.2, 0.25) is 17.7 Å². The lowest BCUT2D eigenvalue weighted by atomic mass is 9.69. The number of carbonyl (C=O) groups excluding carboxylic acids is 4. The van der Waals surface area contributed by atoms with Gasteiger partial charge < -0.3 is 44.0 Å². The van der Waals surface area contributed by atoms with Crippen LogP contribution < -0.4 is 43.6 Å². The predicted octanol–water partition coefficient (Wildman–Crippen LogP) is 14.9. The summed E-state index contributed by atoms with van der Waals surface area (Å²) in [5.74, 6) is 1.17. The van der Waals surface area contributed by atoms with Crippen LogP contribution in [-0.4, -0.2) is 203 Å². The van der Waals surface area contributed by atoms with Gasteiger partial charge in [-0.25, -0.2) is 72.9 Å². The molecule has 10 heterocycles. The van der Waals surface area contributed by atoms with Crippen molar-refractivity contribution in [2.75, 3.05) is 131 Å². The zero-order valence-corrected chi connectivity index (χ0v) is 77.2. The molecule has 1 atom stereocenters. The molecular weight excluding hydrogens is 1840 g/mol. The number of sulfonamides is 4. The number of aromatic nitrogens is 8. The van der Waals surface area contributed by atoms with Crippen molar-refractivity contribution in [3.63, 3.8) is 0 Å². The molecule has 6 aliphatic rings. The smallest absolute Gasteiger partial charge is 0.263 e. The van der Waals surface area contributed by atoms with Gasteiger partial charge in [0.05, 0.1) is 49.2 Å². The summed E-state index contributed by atoms with van der Waals surface area (Å²) in [5, 5.41) is 7.50. The van der Waals surface area contributed by atoms with E-state index in [0.717, 1.165) is 102 Å². The Morgan fingerprint density at radius 1 is 0.504 bits per heavy atom. The number of hydrogen-bond acceptors (Lipinski definition) is 25. The summed E-state index contributed by atoms with van der Waals surface area (Å²) in [6.45, 7) is 8.94. The maximum atomic E-state index is 13.1. The molecule has 32 nitrogen and oxygen atoms in total. The van der Waals surface area contributed by atoms with Gasteiger partial charge in [-0.3, -0.25) is 38.1 Å². The summed E-state index contributed by atoms with van der Waals surface area (Å²) in [5.41, 5.74) is 8.23. The van der Waals surface area contributed by atoms with Crippen molar-refractivity contribution in [3.05, 3.63) is 300 Å². The lowest BCUT2D eigenvalue weighted by molar-refractivity contribution is -0.133. The van der Waals surface area contributed by atoms with E-state index in [4.69, 9.17) is 27.9 Å². The number of Topliss-reactive ketones (excluding diaryl/α,β-unsaturated/α-hetero) is 1. The van der Waals surface area contributed by atoms with Crippen molar-refractivity contribution in [1.82, 2.24) is 54.2 Å². The number of hydrogen-bond donors (Lipinski definition) is 5. The topological polar surface area (TPSA) is 389 Å². The highest BCUT2D eigenvalue weighted by molar-refractivity contribution is 7.93. The molecule has 4 saturated heterocycles. The maximum absolute atomic E-state index is 13.1. The second kappa shape index (κ2) is 41.3. The van der Waals surface area contributed by atoms with Crippen LogP contribution in [0.15, 0.2) is 281 Å². The second-order valence-electron chi connectivity index (χ2n) is 32.2. The number of halogens is 3. The third-order valence-electron chi connectivity index (χ3n) is 24.1. The van der Waals surface area contributed by atoms with Gasteiger partial charge in [0.25, 0.3) is 40.1 Å². The number of thiazole rings is 1. The van der Waals surface area contributed by atoms with Gasteiger partial charge in [-0.1, -0.05) is 71.7 Å². The number of fused-ring (bicyclic) bond motifs is 4. The standard InChI is InChI=1S/C25H24ClN5O3S.C24H23N5O4S.C22H22ClN3O3S2.C22H23FN6O3S.5H2/c26-22-3-1-2-20-11-15-31(25(20)22)16-24(32)30-13-9-19(10-14-30)18-4-6-21(7-5-18)35(33,34)29-23-8-12-27-17-28-23;30-22-15-21(19-3-1-2-4-20(19)22)24(31)29-13-11-28(12-14-29)17-5-7-18(8-6-17)34(32,33)27-23-9-10-25-16-26-23;23-16-1-6-20-19(15-16)22(9-13-29-20)7-11-26(12-8-22)17-2-4-18(5-3-17)31(27,28)25-21-24-10-14-30-21;23-17-1-3-18(4-2-17)25-15-22(30)29-13-11-28(12-14-29)19-5-7-20(8-6-19)33(31,32)27-21-9-10-24-16-26-21;;;;;/h1-8,11-12,15,17,19H,9-10,13-14,16H2,(H,27,28,29);1-10,16,21H,11-15H2,(H,25,26,27);1-6,10,14-15H,7-9,11-13H2,(H,24,25);1-10,16,25H,11-15H2,(H,24,26,27);5*1H. The van der Waals surface area contributed by atoms with E-state index in [1.165, 1.54) is 84.8 Å². The van der Waals surface area contributed by atoms with Gasteiger partial charge in [-0.2, -0.15) is 0 Å². The largest absolute Gasteiger partial charge is 0.493 e.